The van der Waals surface area contributed by atoms with Gasteiger partial charge in [0.05, 0.1) is 11.2 Å². The average Bonchev–Trinajstić information content (AvgIpc) is 2.74. The van der Waals surface area contributed by atoms with Crippen LogP contribution in [0, 0.1) is 0 Å². The lowest BCUT2D eigenvalue weighted by molar-refractivity contribution is 0.482. The maximum atomic E-state index is 11.7. The number of H-pyrrole nitrogens is 1. The molecule has 0 unspecified atom stereocenters. The average molecular weight is 215 g/mol. The topological polar surface area (TPSA) is 83.5 Å². The Morgan fingerprint density at radius 1 is 1.25 bits per heavy atom. The van der Waals surface area contributed by atoms with Gasteiger partial charge in [0.25, 0.3) is 5.56 Å². The highest BCUT2D eigenvalue weighted by molar-refractivity contribution is 5.88. The largest absolute Gasteiger partial charge is 0.504 e. The Labute approximate surface area is 89.7 Å². The van der Waals surface area contributed by atoms with E-state index >= 15 is 0 Å². The monoisotopic (exact) mass is 215 g/mol. The summed E-state index contributed by atoms with van der Waals surface area (Å²) >= 11 is 0. The maximum Gasteiger partial charge on any atom is 0.272 e. The molecular weight excluding hydrogens is 206 g/mol. The van der Waals surface area contributed by atoms with E-state index in [-0.39, 0.29) is 17.0 Å². The quantitative estimate of drug-likeness (QED) is 0.387. The predicted octanol–water partition coefficient (Wildman–Crippen LogP) is 1.07. The normalized spacial score (nSPS) is 11.2. The van der Waals surface area contributed by atoms with Gasteiger partial charge < -0.3 is 20.2 Å². The fourth-order valence-corrected chi connectivity index (χ4v) is 1.87. The molecule has 0 atom stereocenters. The van der Waals surface area contributed by atoms with Crippen LogP contribution < -0.4 is 11.3 Å². The van der Waals surface area contributed by atoms with Crippen molar-refractivity contribution in [3.8, 4) is 5.75 Å². The fraction of sp³-hybridized carbons (Fsp3) is 0. The van der Waals surface area contributed by atoms with Crippen LogP contribution in [0.5, 0.6) is 5.75 Å². The van der Waals surface area contributed by atoms with Gasteiger partial charge in [-0.05, 0) is 24.3 Å². The molecule has 0 radical (unpaired) electrons. The molecule has 3 aromatic rings. The van der Waals surface area contributed by atoms with Crippen molar-refractivity contribution in [3.05, 3.63) is 40.8 Å². The number of fused-ring (bicyclic) bond motifs is 3. The van der Waals surface area contributed by atoms with E-state index in [0.717, 1.165) is 0 Å². The third kappa shape index (κ3) is 0.967. The number of nitrogens with two attached hydrogens (primary N) is 1. The van der Waals surface area contributed by atoms with E-state index in [4.69, 9.17) is 5.73 Å². The summed E-state index contributed by atoms with van der Waals surface area (Å²) in [5, 5.41) is 9.77. The van der Waals surface area contributed by atoms with E-state index < -0.39 is 0 Å². The van der Waals surface area contributed by atoms with Gasteiger partial charge in [-0.25, -0.2) is 0 Å². The van der Waals surface area contributed by atoms with Gasteiger partial charge in [0.15, 0.2) is 5.75 Å². The number of hydrogen-bond acceptors (Lipinski definition) is 3. The summed E-state index contributed by atoms with van der Waals surface area (Å²) in [4.78, 5) is 14.3. The van der Waals surface area contributed by atoms with Crippen molar-refractivity contribution in [1.29, 1.82) is 0 Å². The second-order valence-electron chi connectivity index (χ2n) is 3.62. The first kappa shape index (κ1) is 8.84. The molecule has 16 heavy (non-hydrogen) atoms. The lowest BCUT2D eigenvalue weighted by atomic mass is 10.2. The van der Waals surface area contributed by atoms with Gasteiger partial charge in [0.2, 0.25) is 0 Å². The minimum absolute atomic E-state index is 0.0924. The molecule has 0 bridgehead atoms. The Morgan fingerprint density at radius 2 is 2.06 bits per heavy atom. The summed E-state index contributed by atoms with van der Waals surface area (Å²) in [7, 11) is 0. The number of rotatable bonds is 0. The number of anilines is 1. The first-order valence-electron chi connectivity index (χ1n) is 4.79. The van der Waals surface area contributed by atoms with Crippen LogP contribution in [0.25, 0.3) is 16.6 Å². The van der Waals surface area contributed by atoms with Crippen LogP contribution in [-0.2, 0) is 0 Å². The number of nitrogens with one attached hydrogen (secondary N) is 1. The van der Waals surface area contributed by atoms with E-state index in [9.17, 15) is 9.90 Å². The molecule has 0 saturated carbocycles. The van der Waals surface area contributed by atoms with Gasteiger partial charge in [-0.2, -0.15) is 0 Å². The number of aromatic nitrogens is 2. The molecule has 0 aliphatic rings. The van der Waals surface area contributed by atoms with Crippen molar-refractivity contribution in [2.75, 3.05) is 5.73 Å². The van der Waals surface area contributed by atoms with E-state index in [1.165, 1.54) is 0 Å². The van der Waals surface area contributed by atoms with Crippen LogP contribution in [0.3, 0.4) is 0 Å². The molecule has 3 rings (SSSR count). The molecule has 0 amide bonds. The van der Waals surface area contributed by atoms with Gasteiger partial charge >= 0.3 is 0 Å². The van der Waals surface area contributed by atoms with Gasteiger partial charge in [0, 0.05) is 6.20 Å². The third-order valence-electron chi connectivity index (χ3n) is 2.67. The van der Waals surface area contributed by atoms with Crippen molar-refractivity contribution < 1.29 is 5.11 Å². The molecule has 2 heterocycles. The number of phenolic OH excluding ortho intramolecular Hbond substituents is 1. The summed E-state index contributed by atoms with van der Waals surface area (Å²) in [6.45, 7) is 0. The molecule has 0 spiro atoms. The van der Waals surface area contributed by atoms with Crippen LogP contribution in [0.15, 0.2) is 35.3 Å². The molecule has 0 aliphatic carbocycles. The van der Waals surface area contributed by atoms with Crippen molar-refractivity contribution in [2.24, 2.45) is 0 Å². The van der Waals surface area contributed by atoms with Crippen molar-refractivity contribution >= 4 is 22.2 Å². The molecule has 0 aliphatic heterocycles. The number of aromatic hydroxyl groups is 1. The highest BCUT2D eigenvalue weighted by Gasteiger charge is 2.09. The standard InChI is InChI=1S/C11H9N3O2/c12-6-3-4-7-9(10(6)15)13-11(16)8-2-1-5-14(7)8/h1-5,15H,12H2,(H,13,16). The van der Waals surface area contributed by atoms with E-state index in [1.807, 2.05) is 0 Å². The van der Waals surface area contributed by atoms with E-state index in [2.05, 4.69) is 4.98 Å². The minimum Gasteiger partial charge on any atom is -0.504 e. The Morgan fingerprint density at radius 3 is 2.88 bits per heavy atom. The SMILES string of the molecule is Nc1ccc2c([nH]c(=O)c3cccn32)c1O. The molecular formula is C11H9N3O2. The van der Waals surface area contributed by atoms with E-state index in [0.29, 0.717) is 16.6 Å². The Hall–Kier alpha value is -2.43. The Bertz CT molecular complexity index is 755. The lowest BCUT2D eigenvalue weighted by Gasteiger charge is -2.06. The Kier molecular flexibility index (Phi) is 1.54. The number of nitrogens with zero attached hydrogens (tertiary/aromatic N) is 1. The second kappa shape index (κ2) is 2.79. The number of phenols is 1. The van der Waals surface area contributed by atoms with Crippen LogP contribution in [0.4, 0.5) is 5.69 Å². The molecule has 80 valence electrons. The smallest absolute Gasteiger partial charge is 0.272 e. The maximum absolute atomic E-state index is 11.7. The van der Waals surface area contributed by atoms with Gasteiger partial charge in [-0.15, -0.1) is 0 Å². The Balaban J connectivity index is 2.68. The van der Waals surface area contributed by atoms with Gasteiger partial charge in [-0.3, -0.25) is 4.79 Å². The highest BCUT2D eigenvalue weighted by Crippen LogP contribution is 2.28. The highest BCUT2D eigenvalue weighted by atomic mass is 16.3. The molecule has 0 saturated heterocycles. The molecule has 2 aromatic heterocycles. The summed E-state index contributed by atoms with van der Waals surface area (Å²) in [6, 6.07) is 6.85. The molecule has 5 heteroatoms. The van der Waals surface area contributed by atoms with Gasteiger partial charge in [-0.1, -0.05) is 0 Å². The third-order valence-corrected chi connectivity index (χ3v) is 2.67. The summed E-state index contributed by atoms with van der Waals surface area (Å²) in [5.41, 5.74) is 7.18. The first-order chi connectivity index (χ1) is 7.68. The van der Waals surface area contributed by atoms with Crippen LogP contribution in [-0.4, -0.2) is 14.5 Å². The zero-order valence-corrected chi connectivity index (χ0v) is 8.27. The summed E-state index contributed by atoms with van der Waals surface area (Å²) < 4.78 is 1.72. The zero-order chi connectivity index (χ0) is 11.3. The number of nitrogen functional groups attached to an aromatic ring is 1. The molecule has 4 N–H and O–H groups in total. The van der Waals surface area contributed by atoms with Crippen molar-refractivity contribution in [3.63, 3.8) is 0 Å². The predicted molar refractivity (Wildman–Crippen MR) is 61.6 cm³/mol. The van der Waals surface area contributed by atoms with E-state index in [1.54, 1.807) is 34.9 Å². The van der Waals surface area contributed by atoms with Crippen LogP contribution >= 0.6 is 0 Å². The van der Waals surface area contributed by atoms with Crippen LogP contribution in [0.1, 0.15) is 0 Å². The van der Waals surface area contributed by atoms with Crippen LogP contribution in [0.2, 0.25) is 0 Å². The van der Waals surface area contributed by atoms with Gasteiger partial charge in [0.1, 0.15) is 11.0 Å². The zero-order valence-electron chi connectivity index (χ0n) is 8.27. The summed E-state index contributed by atoms with van der Waals surface area (Å²) in [6.07, 6.45) is 1.77. The minimum atomic E-state index is -0.251. The number of benzene rings is 1. The second-order valence-corrected chi connectivity index (χ2v) is 3.62. The summed E-state index contributed by atoms with van der Waals surface area (Å²) in [5.74, 6) is -0.0924. The first-order valence-corrected chi connectivity index (χ1v) is 4.79. The molecule has 5 nitrogen and oxygen atoms in total. The van der Waals surface area contributed by atoms with Crippen molar-refractivity contribution in [2.45, 2.75) is 0 Å². The molecule has 1 aromatic carbocycles. The lowest BCUT2D eigenvalue weighted by Crippen LogP contribution is -2.09. The number of hydrogen-bond donors (Lipinski definition) is 3. The number of aromatic amines is 1. The molecule has 0 fully saturated rings. The van der Waals surface area contributed by atoms with Crippen molar-refractivity contribution in [1.82, 2.24) is 9.38 Å². The fourth-order valence-electron chi connectivity index (χ4n) is 1.87.